The van der Waals surface area contributed by atoms with Gasteiger partial charge in [-0.1, -0.05) is 19.8 Å². The number of hydrogen-bond acceptors (Lipinski definition) is 2. The van der Waals surface area contributed by atoms with Crippen molar-refractivity contribution < 1.29 is 9.90 Å². The Hall–Kier alpha value is -0.570. The van der Waals surface area contributed by atoms with E-state index in [9.17, 15) is 4.79 Å². The first-order valence-electron chi connectivity index (χ1n) is 7.28. The summed E-state index contributed by atoms with van der Waals surface area (Å²) in [6.45, 7) is 7.00. The number of aliphatic carboxylic acids is 1. The van der Waals surface area contributed by atoms with Crippen molar-refractivity contribution in [1.82, 2.24) is 4.90 Å². The minimum atomic E-state index is -0.684. The Morgan fingerprint density at radius 1 is 1.33 bits per heavy atom. The first kappa shape index (κ1) is 15.5. The van der Waals surface area contributed by atoms with Crippen LogP contribution in [0.25, 0.3) is 0 Å². The summed E-state index contributed by atoms with van der Waals surface area (Å²) in [6.07, 6.45) is 7.10. The minimum absolute atomic E-state index is 0.584. The topological polar surface area (TPSA) is 40.5 Å². The first-order chi connectivity index (χ1) is 8.34. The molecule has 1 aliphatic rings. The van der Waals surface area contributed by atoms with Crippen LogP contribution in [0.3, 0.4) is 0 Å². The van der Waals surface area contributed by atoms with Gasteiger partial charge in [-0.25, -0.2) is 0 Å². The van der Waals surface area contributed by atoms with E-state index in [1.165, 1.54) is 25.7 Å². The fourth-order valence-electron chi connectivity index (χ4n) is 2.99. The third kappa shape index (κ3) is 4.27. The van der Waals surface area contributed by atoms with E-state index in [0.717, 1.165) is 25.3 Å². The first-order valence-corrected chi connectivity index (χ1v) is 7.28. The number of carboxylic acids is 1. The van der Waals surface area contributed by atoms with Crippen LogP contribution in [0.2, 0.25) is 0 Å². The molecule has 0 aliphatic heterocycles. The molecule has 0 aromatic heterocycles. The summed E-state index contributed by atoms with van der Waals surface area (Å²) in [7, 11) is 2.19. The van der Waals surface area contributed by atoms with Gasteiger partial charge in [-0.05, 0) is 59.0 Å². The van der Waals surface area contributed by atoms with E-state index in [4.69, 9.17) is 5.11 Å². The normalized spacial score (nSPS) is 25.4. The van der Waals surface area contributed by atoms with Gasteiger partial charge in [-0.3, -0.25) is 4.79 Å². The molecule has 2 atom stereocenters. The van der Waals surface area contributed by atoms with Crippen LogP contribution in [-0.4, -0.2) is 35.6 Å². The van der Waals surface area contributed by atoms with Crippen LogP contribution in [0.5, 0.6) is 0 Å². The van der Waals surface area contributed by atoms with Crippen LogP contribution >= 0.6 is 0 Å². The lowest BCUT2D eigenvalue weighted by molar-refractivity contribution is -0.147. The number of carboxylic acid groups (broad SMARTS) is 1. The highest BCUT2D eigenvalue weighted by molar-refractivity contribution is 5.73. The van der Waals surface area contributed by atoms with Gasteiger partial charge in [0.2, 0.25) is 0 Å². The number of nitrogens with zero attached hydrogens (tertiary/aromatic N) is 1. The van der Waals surface area contributed by atoms with Crippen molar-refractivity contribution in [3.8, 4) is 0 Å². The van der Waals surface area contributed by atoms with Crippen LogP contribution < -0.4 is 0 Å². The average Bonchev–Trinajstić information content (AvgIpc) is 2.29. The molecule has 0 radical (unpaired) electrons. The summed E-state index contributed by atoms with van der Waals surface area (Å²) in [4.78, 5) is 13.5. The molecule has 1 N–H and O–H groups in total. The molecule has 0 amide bonds. The minimum Gasteiger partial charge on any atom is -0.481 e. The molecule has 0 spiro atoms. The molecule has 0 aromatic rings. The zero-order valence-corrected chi connectivity index (χ0v) is 12.4. The van der Waals surface area contributed by atoms with Crippen LogP contribution in [0.1, 0.15) is 59.3 Å². The number of hydrogen-bond donors (Lipinski definition) is 1. The Morgan fingerprint density at radius 2 is 1.94 bits per heavy atom. The van der Waals surface area contributed by atoms with Gasteiger partial charge in [-0.2, -0.15) is 0 Å². The van der Waals surface area contributed by atoms with Crippen LogP contribution in [0, 0.1) is 11.3 Å². The van der Waals surface area contributed by atoms with Crippen molar-refractivity contribution in [2.75, 3.05) is 13.6 Å². The highest BCUT2D eigenvalue weighted by Crippen LogP contribution is 2.28. The second-order valence-electron chi connectivity index (χ2n) is 6.60. The van der Waals surface area contributed by atoms with E-state index < -0.39 is 11.4 Å². The van der Waals surface area contributed by atoms with E-state index in [2.05, 4.69) is 18.9 Å². The molecule has 3 nitrogen and oxygen atoms in total. The van der Waals surface area contributed by atoms with Crippen molar-refractivity contribution in [3.05, 3.63) is 0 Å². The van der Waals surface area contributed by atoms with Crippen molar-refractivity contribution in [2.45, 2.75) is 65.3 Å². The van der Waals surface area contributed by atoms with Crippen LogP contribution in [0.4, 0.5) is 0 Å². The van der Waals surface area contributed by atoms with Gasteiger partial charge in [0.25, 0.3) is 0 Å². The van der Waals surface area contributed by atoms with E-state index in [0.29, 0.717) is 6.04 Å². The smallest absolute Gasteiger partial charge is 0.309 e. The second-order valence-corrected chi connectivity index (χ2v) is 6.60. The third-order valence-electron chi connectivity index (χ3n) is 4.52. The van der Waals surface area contributed by atoms with Gasteiger partial charge in [0, 0.05) is 6.04 Å². The van der Waals surface area contributed by atoms with E-state index in [1.807, 2.05) is 13.8 Å². The lowest BCUT2D eigenvalue weighted by atomic mass is 9.84. The van der Waals surface area contributed by atoms with Crippen LogP contribution in [0.15, 0.2) is 0 Å². The maximum Gasteiger partial charge on any atom is 0.309 e. The van der Waals surface area contributed by atoms with Crippen LogP contribution in [-0.2, 0) is 4.79 Å². The summed E-state index contributed by atoms with van der Waals surface area (Å²) in [6, 6.07) is 0.701. The van der Waals surface area contributed by atoms with Gasteiger partial charge in [0.1, 0.15) is 0 Å². The highest BCUT2D eigenvalue weighted by atomic mass is 16.4. The summed E-state index contributed by atoms with van der Waals surface area (Å²) >= 11 is 0. The molecule has 1 saturated carbocycles. The highest BCUT2D eigenvalue weighted by Gasteiger charge is 2.28. The number of carbonyl (C=O) groups is 1. The fraction of sp³-hybridized carbons (Fsp3) is 0.933. The number of rotatable bonds is 6. The molecule has 1 aliphatic carbocycles. The summed E-state index contributed by atoms with van der Waals surface area (Å²) in [5.41, 5.74) is -0.584. The van der Waals surface area contributed by atoms with Crippen molar-refractivity contribution in [1.29, 1.82) is 0 Å². The molecule has 1 fully saturated rings. The Kier molecular flexibility index (Phi) is 5.64. The third-order valence-corrected chi connectivity index (χ3v) is 4.52. The maximum atomic E-state index is 11.0. The molecule has 18 heavy (non-hydrogen) atoms. The fourth-order valence-corrected chi connectivity index (χ4v) is 2.99. The van der Waals surface area contributed by atoms with E-state index in [1.54, 1.807) is 0 Å². The molecule has 106 valence electrons. The Morgan fingerprint density at radius 3 is 2.50 bits per heavy atom. The molecule has 0 bridgehead atoms. The molecule has 0 saturated heterocycles. The van der Waals surface area contributed by atoms with Crippen molar-refractivity contribution >= 4 is 5.97 Å². The summed E-state index contributed by atoms with van der Waals surface area (Å²) in [5, 5.41) is 9.08. The van der Waals surface area contributed by atoms with Crippen molar-refractivity contribution in [2.24, 2.45) is 11.3 Å². The SMILES string of the molecule is CC1CCCCC1N(C)CCCC(C)(C)C(=O)O. The molecule has 2 unspecified atom stereocenters. The Balaban J connectivity index is 2.32. The van der Waals surface area contributed by atoms with Gasteiger partial charge < -0.3 is 10.0 Å². The molecule has 0 heterocycles. The molecular formula is C15H29NO2. The standard InChI is InChI=1S/C15H29NO2/c1-12-8-5-6-9-13(12)16(4)11-7-10-15(2,3)14(17)18/h12-13H,5-11H2,1-4H3,(H,17,18). The predicted octanol–water partition coefficient (Wildman–Crippen LogP) is 3.39. The average molecular weight is 255 g/mol. The van der Waals surface area contributed by atoms with E-state index in [-0.39, 0.29) is 0 Å². The van der Waals surface area contributed by atoms with E-state index >= 15 is 0 Å². The lowest BCUT2D eigenvalue weighted by Crippen LogP contribution is -2.39. The van der Waals surface area contributed by atoms with Crippen molar-refractivity contribution in [3.63, 3.8) is 0 Å². The monoisotopic (exact) mass is 255 g/mol. The summed E-state index contributed by atoms with van der Waals surface area (Å²) < 4.78 is 0. The lowest BCUT2D eigenvalue weighted by Gasteiger charge is -2.36. The predicted molar refractivity (Wildman–Crippen MR) is 74.7 cm³/mol. The molecule has 1 rings (SSSR count). The zero-order chi connectivity index (χ0) is 13.8. The second kappa shape index (κ2) is 6.55. The molecule has 0 aromatic carbocycles. The van der Waals surface area contributed by atoms with Gasteiger partial charge in [0.15, 0.2) is 0 Å². The Labute approximate surface area is 112 Å². The Bertz CT molecular complexity index is 276. The maximum absolute atomic E-state index is 11.0. The zero-order valence-electron chi connectivity index (χ0n) is 12.4. The molecule has 3 heteroatoms. The molecular weight excluding hydrogens is 226 g/mol. The van der Waals surface area contributed by atoms with Gasteiger partial charge >= 0.3 is 5.97 Å². The summed E-state index contributed by atoms with van der Waals surface area (Å²) in [5.74, 6) is 0.104. The van der Waals surface area contributed by atoms with Gasteiger partial charge in [0.05, 0.1) is 5.41 Å². The van der Waals surface area contributed by atoms with Gasteiger partial charge in [-0.15, -0.1) is 0 Å². The largest absolute Gasteiger partial charge is 0.481 e. The quantitative estimate of drug-likeness (QED) is 0.791.